The molecule has 0 saturated carbocycles. The summed E-state index contributed by atoms with van der Waals surface area (Å²) < 4.78 is 53.2. The molecule has 13 nitrogen and oxygen atoms in total. The molecule has 2 aliphatic heterocycles. The summed E-state index contributed by atoms with van der Waals surface area (Å²) in [5.74, 6) is -0.316. The van der Waals surface area contributed by atoms with Gasteiger partial charge in [0.2, 0.25) is 10.4 Å². The van der Waals surface area contributed by atoms with E-state index >= 15 is 0 Å². The molecule has 15 heteroatoms. The van der Waals surface area contributed by atoms with Crippen molar-refractivity contribution in [2.24, 2.45) is 0 Å². The molecular formula is C16H20N3NaO10S. The standard InChI is InChI=1S/C16H21N3O10S.Na/c1-25-5-6-27-9-28-10-3-4-11-12(7-10)13-8-18(14(11)15(20)17-26-2)16(21)19(13)29-30(22,23)24;/h3-4,7,13-14H,5-6,8-9H2,1-2H3,(H,17,20)(H,22,23,24);/q;+1/p-1. The van der Waals surface area contributed by atoms with E-state index in [2.05, 4.69) is 14.6 Å². The molecule has 0 spiro atoms. The normalized spacial score (nSPS) is 19.6. The number of hydroxylamine groups is 3. The Kier molecular flexibility index (Phi) is 9.05. The number of amides is 3. The molecule has 3 rings (SSSR count). The molecule has 2 aliphatic rings. The van der Waals surface area contributed by atoms with Crippen molar-refractivity contribution in [2.45, 2.75) is 12.1 Å². The van der Waals surface area contributed by atoms with Gasteiger partial charge in [0, 0.05) is 7.11 Å². The molecule has 31 heavy (non-hydrogen) atoms. The Labute approximate surface area is 200 Å². The molecule has 1 fully saturated rings. The van der Waals surface area contributed by atoms with Gasteiger partial charge in [-0.1, -0.05) is 6.07 Å². The number of nitrogens with zero attached hydrogens (tertiary/aromatic N) is 2. The maximum Gasteiger partial charge on any atom is 1.00 e. The predicted octanol–water partition coefficient (Wildman–Crippen LogP) is -3.41. The number of rotatable bonds is 10. The van der Waals surface area contributed by atoms with Crippen molar-refractivity contribution in [3.8, 4) is 5.75 Å². The molecule has 0 radical (unpaired) electrons. The number of nitrogens with one attached hydrogen (secondary N) is 1. The summed E-state index contributed by atoms with van der Waals surface area (Å²) in [5.41, 5.74) is 2.94. The summed E-state index contributed by atoms with van der Waals surface area (Å²) in [4.78, 5) is 30.9. The van der Waals surface area contributed by atoms with Gasteiger partial charge >= 0.3 is 35.6 Å². The van der Waals surface area contributed by atoms with Crippen LogP contribution in [0.3, 0.4) is 0 Å². The molecule has 2 bridgehead atoms. The second-order valence-corrected chi connectivity index (χ2v) is 7.25. The van der Waals surface area contributed by atoms with Crippen LogP contribution >= 0.6 is 0 Å². The Bertz CT molecular complexity index is 915. The second-order valence-electron chi connectivity index (χ2n) is 6.29. The van der Waals surface area contributed by atoms with Crippen LogP contribution in [0.25, 0.3) is 0 Å². The largest absolute Gasteiger partial charge is 1.00 e. The fourth-order valence-electron chi connectivity index (χ4n) is 3.32. The van der Waals surface area contributed by atoms with Crippen LogP contribution in [0.5, 0.6) is 5.75 Å². The number of hydrogen-bond donors (Lipinski definition) is 1. The van der Waals surface area contributed by atoms with Gasteiger partial charge in [-0.2, -0.15) is 9.35 Å². The maximum atomic E-state index is 12.6. The zero-order valence-electron chi connectivity index (χ0n) is 17.1. The maximum absolute atomic E-state index is 12.6. The van der Waals surface area contributed by atoms with E-state index in [1.165, 1.54) is 20.3 Å². The average molecular weight is 469 g/mol. The van der Waals surface area contributed by atoms with Gasteiger partial charge < -0.3 is 23.7 Å². The van der Waals surface area contributed by atoms with E-state index in [1.54, 1.807) is 12.1 Å². The van der Waals surface area contributed by atoms with Crippen LogP contribution in [0.4, 0.5) is 4.79 Å². The SMILES string of the molecule is COCCOCOc1ccc2c(c1)C1CN(C(=O)N1OS(=O)(=O)[O-])C2C(=O)NOC.[Na+]. The molecule has 2 unspecified atom stereocenters. The number of methoxy groups -OCH3 is 1. The Morgan fingerprint density at radius 3 is 2.65 bits per heavy atom. The zero-order valence-corrected chi connectivity index (χ0v) is 19.9. The summed E-state index contributed by atoms with van der Waals surface area (Å²) in [6, 6.07) is 1.63. The van der Waals surface area contributed by atoms with Crippen LogP contribution < -0.4 is 39.8 Å². The van der Waals surface area contributed by atoms with Gasteiger partial charge in [-0.25, -0.2) is 18.7 Å². The van der Waals surface area contributed by atoms with E-state index in [0.717, 1.165) is 4.90 Å². The first-order chi connectivity index (χ1) is 14.3. The van der Waals surface area contributed by atoms with Crippen LogP contribution in [0.2, 0.25) is 0 Å². The van der Waals surface area contributed by atoms with Crippen LogP contribution in [-0.4, -0.2) is 75.6 Å². The quantitative estimate of drug-likeness (QED) is 0.0915. The number of hydrogen-bond acceptors (Lipinski definition) is 10. The Morgan fingerprint density at radius 2 is 2.00 bits per heavy atom. The number of urea groups is 1. The summed E-state index contributed by atoms with van der Waals surface area (Å²) in [7, 11) is -2.46. The third-order valence-corrected chi connectivity index (χ3v) is 4.82. The fourth-order valence-corrected chi connectivity index (χ4v) is 3.68. The van der Waals surface area contributed by atoms with Gasteiger partial charge in [-0.3, -0.25) is 9.63 Å². The number of carbonyl (C=O) groups excluding carboxylic acids is 2. The molecule has 0 aliphatic carbocycles. The molecule has 1 aromatic carbocycles. The third kappa shape index (κ3) is 5.85. The van der Waals surface area contributed by atoms with E-state index in [0.29, 0.717) is 35.2 Å². The first-order valence-electron chi connectivity index (χ1n) is 8.68. The summed E-state index contributed by atoms with van der Waals surface area (Å²) >= 11 is 0. The van der Waals surface area contributed by atoms with Gasteiger partial charge in [-0.15, -0.1) is 0 Å². The van der Waals surface area contributed by atoms with Crippen molar-refractivity contribution in [1.29, 1.82) is 0 Å². The minimum atomic E-state index is -5.22. The van der Waals surface area contributed by atoms with Crippen molar-refractivity contribution in [1.82, 2.24) is 15.4 Å². The Balaban J connectivity index is 0.00000341. The summed E-state index contributed by atoms with van der Waals surface area (Å²) in [6.07, 6.45) is 0. The third-order valence-electron chi connectivity index (χ3n) is 4.47. The molecular weight excluding hydrogens is 449 g/mol. The van der Waals surface area contributed by atoms with E-state index < -0.39 is 34.4 Å². The van der Waals surface area contributed by atoms with Gasteiger partial charge in [0.15, 0.2) is 6.79 Å². The van der Waals surface area contributed by atoms with Crippen molar-refractivity contribution < 1.29 is 75.4 Å². The second kappa shape index (κ2) is 10.9. The molecule has 1 N–H and O–H groups in total. The predicted molar refractivity (Wildman–Crippen MR) is 95.1 cm³/mol. The molecule has 2 atom stereocenters. The van der Waals surface area contributed by atoms with Crippen LogP contribution in [-0.2, 0) is 33.8 Å². The smallest absolute Gasteiger partial charge is 0.724 e. The van der Waals surface area contributed by atoms with Crippen molar-refractivity contribution in [3.05, 3.63) is 29.3 Å². The summed E-state index contributed by atoms with van der Waals surface area (Å²) in [5, 5.41) is 0.445. The first-order valence-corrected chi connectivity index (χ1v) is 10.0. The van der Waals surface area contributed by atoms with Crippen molar-refractivity contribution in [3.63, 3.8) is 0 Å². The zero-order chi connectivity index (χ0) is 21.9. The molecule has 1 saturated heterocycles. The number of ether oxygens (including phenoxy) is 3. The minimum Gasteiger partial charge on any atom is -0.724 e. The van der Waals surface area contributed by atoms with Crippen molar-refractivity contribution in [2.75, 3.05) is 40.8 Å². The fraction of sp³-hybridized carbons (Fsp3) is 0.500. The molecule has 2 heterocycles. The Hall–Kier alpha value is -1.49. The van der Waals surface area contributed by atoms with Crippen LogP contribution in [0.15, 0.2) is 18.2 Å². The van der Waals surface area contributed by atoms with E-state index in [9.17, 15) is 22.6 Å². The molecule has 166 valence electrons. The number of benzene rings is 1. The molecule has 0 aromatic heterocycles. The van der Waals surface area contributed by atoms with Crippen LogP contribution in [0.1, 0.15) is 23.2 Å². The number of carbonyl (C=O) groups is 2. The monoisotopic (exact) mass is 469 g/mol. The van der Waals surface area contributed by atoms with Gasteiger partial charge in [0.1, 0.15) is 17.8 Å². The topological polar surface area (TPSA) is 156 Å². The first kappa shape index (κ1) is 25.8. The molecule has 1 aromatic rings. The van der Waals surface area contributed by atoms with Crippen LogP contribution in [0, 0.1) is 0 Å². The molecule has 3 amide bonds. The number of fused-ring (bicyclic) bond motifs is 4. The van der Waals surface area contributed by atoms with E-state index in [-0.39, 0.29) is 42.9 Å². The minimum absolute atomic E-state index is 0. The Morgan fingerprint density at radius 1 is 1.26 bits per heavy atom. The van der Waals surface area contributed by atoms with E-state index in [1.807, 2.05) is 0 Å². The van der Waals surface area contributed by atoms with E-state index in [4.69, 9.17) is 14.2 Å². The average Bonchev–Trinajstić information content (AvgIpc) is 2.94. The van der Waals surface area contributed by atoms with Gasteiger partial charge in [0.05, 0.1) is 26.9 Å². The van der Waals surface area contributed by atoms with Gasteiger partial charge in [0.25, 0.3) is 5.91 Å². The summed E-state index contributed by atoms with van der Waals surface area (Å²) in [6.45, 7) is 0.535. The van der Waals surface area contributed by atoms with Gasteiger partial charge in [-0.05, 0) is 23.3 Å². The van der Waals surface area contributed by atoms with Crippen molar-refractivity contribution >= 4 is 22.3 Å².